The number of amides is 1. The first-order chi connectivity index (χ1) is 17.9. The molecule has 0 atom stereocenters. The van der Waals surface area contributed by atoms with Crippen molar-refractivity contribution in [2.75, 3.05) is 5.32 Å². The van der Waals surface area contributed by atoms with Gasteiger partial charge in [0.2, 0.25) is 5.91 Å². The minimum Gasteiger partial charge on any atom is -0.335 e. The van der Waals surface area contributed by atoms with E-state index in [9.17, 15) is 9.59 Å². The average Bonchev–Trinajstić information content (AvgIpc) is 3.15. The Morgan fingerprint density at radius 3 is 2.59 bits per heavy atom. The number of carbonyl (C=O) groups excluding carboxylic acids is 1. The lowest BCUT2D eigenvalue weighted by Gasteiger charge is -2.11. The molecule has 1 amide bonds. The number of para-hydroxylation sites is 2. The predicted molar refractivity (Wildman–Crippen MR) is 153 cm³/mol. The Balaban J connectivity index is 1.55. The lowest BCUT2D eigenvalue weighted by Crippen LogP contribution is -2.22. The molecule has 186 valence electrons. The highest BCUT2D eigenvalue weighted by molar-refractivity contribution is 9.10. The Hall–Kier alpha value is -4.04. The van der Waals surface area contributed by atoms with Crippen LogP contribution in [0.3, 0.4) is 0 Å². The zero-order valence-electron chi connectivity index (χ0n) is 20.8. The second-order valence-corrected chi connectivity index (χ2v) is 9.79. The maximum atomic E-state index is 13.3. The lowest BCUT2D eigenvalue weighted by atomic mass is 10.1. The van der Waals surface area contributed by atoms with Gasteiger partial charge in [-0.3, -0.25) is 9.59 Å². The van der Waals surface area contributed by atoms with E-state index in [1.807, 2.05) is 86.0 Å². The third-order valence-electron chi connectivity index (χ3n) is 6.49. The molecule has 0 saturated heterocycles. The fraction of sp³-hybridized carbons (Fsp3) is 0.172. The highest BCUT2D eigenvalue weighted by Gasteiger charge is 2.16. The number of nitrogens with one attached hydrogen (secondary N) is 1. The molecular formula is C29H26BrN5O2. The van der Waals surface area contributed by atoms with E-state index in [0.717, 1.165) is 37.9 Å². The minimum absolute atomic E-state index is 0.115. The summed E-state index contributed by atoms with van der Waals surface area (Å²) in [6, 6.07) is 21.1. The van der Waals surface area contributed by atoms with Crippen LogP contribution in [0, 0.1) is 13.8 Å². The van der Waals surface area contributed by atoms with Crippen LogP contribution in [0.1, 0.15) is 29.6 Å². The van der Waals surface area contributed by atoms with Crippen molar-refractivity contribution in [2.24, 2.45) is 5.10 Å². The molecule has 0 fully saturated rings. The SMILES string of the molecule is CCc1nc2ccc(Br)cc2c(=O)n1N=Cc1c(C)n(CC(=O)Nc2ccccc2C)c2ccccc12. The number of halogens is 1. The van der Waals surface area contributed by atoms with Gasteiger partial charge in [0.25, 0.3) is 5.56 Å². The molecule has 7 nitrogen and oxygen atoms in total. The van der Waals surface area contributed by atoms with Crippen molar-refractivity contribution >= 4 is 55.5 Å². The van der Waals surface area contributed by atoms with Gasteiger partial charge in [0.1, 0.15) is 12.4 Å². The van der Waals surface area contributed by atoms with E-state index in [1.165, 1.54) is 4.68 Å². The highest BCUT2D eigenvalue weighted by atomic mass is 79.9. The van der Waals surface area contributed by atoms with Gasteiger partial charge in [-0.05, 0) is 49.7 Å². The van der Waals surface area contributed by atoms with Crippen molar-refractivity contribution in [3.8, 4) is 0 Å². The maximum absolute atomic E-state index is 13.3. The number of nitrogens with zero attached hydrogens (tertiary/aromatic N) is 4. The van der Waals surface area contributed by atoms with Gasteiger partial charge in [-0.25, -0.2) is 4.98 Å². The summed E-state index contributed by atoms with van der Waals surface area (Å²) in [6.07, 6.45) is 2.25. The molecule has 5 rings (SSSR count). The third kappa shape index (κ3) is 4.72. The van der Waals surface area contributed by atoms with Crippen LogP contribution >= 0.6 is 15.9 Å². The van der Waals surface area contributed by atoms with Crippen LogP contribution in [0.25, 0.3) is 21.8 Å². The normalized spacial score (nSPS) is 11.6. The van der Waals surface area contributed by atoms with E-state index in [-0.39, 0.29) is 18.0 Å². The van der Waals surface area contributed by atoms with Gasteiger partial charge in [0.05, 0.1) is 17.1 Å². The van der Waals surface area contributed by atoms with Crippen molar-refractivity contribution in [1.82, 2.24) is 14.2 Å². The van der Waals surface area contributed by atoms with Gasteiger partial charge in [-0.15, -0.1) is 0 Å². The Kier molecular flexibility index (Phi) is 6.76. The van der Waals surface area contributed by atoms with Crippen LogP contribution in [0.5, 0.6) is 0 Å². The second kappa shape index (κ2) is 10.1. The van der Waals surface area contributed by atoms with Crippen molar-refractivity contribution in [3.05, 3.63) is 104 Å². The molecule has 0 spiro atoms. The number of aryl methyl sites for hydroxylation is 2. The molecule has 0 aliphatic heterocycles. The lowest BCUT2D eigenvalue weighted by molar-refractivity contribution is -0.116. The van der Waals surface area contributed by atoms with Crippen molar-refractivity contribution in [1.29, 1.82) is 0 Å². The summed E-state index contributed by atoms with van der Waals surface area (Å²) in [5.41, 5.74) is 4.87. The molecule has 0 saturated carbocycles. The average molecular weight is 556 g/mol. The number of hydrogen-bond donors (Lipinski definition) is 1. The van der Waals surface area contributed by atoms with Crippen LogP contribution in [-0.4, -0.2) is 26.3 Å². The summed E-state index contributed by atoms with van der Waals surface area (Å²) in [5.74, 6) is 0.463. The van der Waals surface area contributed by atoms with Crippen LogP contribution in [0.4, 0.5) is 5.69 Å². The molecule has 37 heavy (non-hydrogen) atoms. The van der Waals surface area contributed by atoms with E-state index < -0.39 is 0 Å². The number of aromatic nitrogens is 3. The largest absolute Gasteiger partial charge is 0.335 e. The molecule has 0 aliphatic rings. The van der Waals surface area contributed by atoms with Gasteiger partial charge >= 0.3 is 0 Å². The van der Waals surface area contributed by atoms with Gasteiger partial charge in [0, 0.05) is 38.7 Å². The summed E-state index contributed by atoms with van der Waals surface area (Å²) < 4.78 is 4.15. The summed E-state index contributed by atoms with van der Waals surface area (Å²) >= 11 is 3.44. The van der Waals surface area contributed by atoms with Crippen molar-refractivity contribution in [2.45, 2.75) is 33.7 Å². The van der Waals surface area contributed by atoms with Gasteiger partial charge < -0.3 is 9.88 Å². The third-order valence-corrected chi connectivity index (χ3v) is 6.99. The first-order valence-corrected chi connectivity index (χ1v) is 12.9. The Bertz CT molecular complexity index is 1750. The van der Waals surface area contributed by atoms with Crippen molar-refractivity contribution in [3.63, 3.8) is 0 Å². The number of benzene rings is 3. The van der Waals surface area contributed by atoms with Crippen LogP contribution in [0.2, 0.25) is 0 Å². The summed E-state index contributed by atoms with van der Waals surface area (Å²) in [5, 5.41) is 9.06. The second-order valence-electron chi connectivity index (χ2n) is 8.87. The molecular weight excluding hydrogens is 530 g/mol. The molecule has 8 heteroatoms. The zero-order chi connectivity index (χ0) is 26.1. The molecule has 0 unspecified atom stereocenters. The topological polar surface area (TPSA) is 81.3 Å². The number of rotatable bonds is 6. The summed E-state index contributed by atoms with van der Waals surface area (Å²) in [6.45, 7) is 6.03. The fourth-order valence-corrected chi connectivity index (χ4v) is 4.89. The van der Waals surface area contributed by atoms with Gasteiger partial charge in [0.15, 0.2) is 0 Å². The zero-order valence-corrected chi connectivity index (χ0v) is 22.4. The first kappa shape index (κ1) is 24.6. The van der Waals surface area contributed by atoms with Gasteiger partial charge in [-0.1, -0.05) is 59.3 Å². The van der Waals surface area contributed by atoms with E-state index in [4.69, 9.17) is 0 Å². The number of anilines is 1. The van der Waals surface area contributed by atoms with Gasteiger partial charge in [-0.2, -0.15) is 9.78 Å². The molecule has 0 aliphatic carbocycles. The molecule has 2 heterocycles. The predicted octanol–water partition coefficient (Wildman–Crippen LogP) is 5.81. The molecule has 0 radical (unpaired) electrons. The standard InChI is InChI=1S/C29H26BrN5O2/c1-4-27-32-25-14-13-20(30)15-22(25)29(37)35(27)31-16-23-19(3)34(26-12-8-6-10-21(23)26)17-28(36)33-24-11-7-5-9-18(24)2/h5-16H,4,17H2,1-3H3,(H,33,36). The number of hydrogen-bond acceptors (Lipinski definition) is 4. The Morgan fingerprint density at radius 2 is 1.81 bits per heavy atom. The molecule has 5 aromatic rings. The first-order valence-electron chi connectivity index (χ1n) is 12.1. The Labute approximate surface area is 222 Å². The van der Waals surface area contributed by atoms with E-state index in [2.05, 4.69) is 31.3 Å². The fourth-order valence-electron chi connectivity index (χ4n) is 4.53. The Morgan fingerprint density at radius 1 is 1.05 bits per heavy atom. The smallest absolute Gasteiger partial charge is 0.282 e. The summed E-state index contributed by atoms with van der Waals surface area (Å²) in [4.78, 5) is 30.9. The van der Waals surface area contributed by atoms with E-state index >= 15 is 0 Å². The summed E-state index contributed by atoms with van der Waals surface area (Å²) in [7, 11) is 0. The van der Waals surface area contributed by atoms with Crippen LogP contribution < -0.4 is 10.9 Å². The van der Waals surface area contributed by atoms with Crippen LogP contribution in [0.15, 0.2) is 81.1 Å². The quantitative estimate of drug-likeness (QED) is 0.268. The monoisotopic (exact) mass is 555 g/mol. The van der Waals surface area contributed by atoms with E-state index in [0.29, 0.717) is 23.1 Å². The van der Waals surface area contributed by atoms with E-state index in [1.54, 1.807) is 12.3 Å². The number of fused-ring (bicyclic) bond motifs is 2. The molecule has 2 aromatic heterocycles. The minimum atomic E-state index is -0.224. The number of carbonyl (C=O) groups is 1. The highest BCUT2D eigenvalue weighted by Crippen LogP contribution is 2.25. The molecule has 0 bridgehead atoms. The molecule has 1 N–H and O–H groups in total. The molecule has 3 aromatic carbocycles. The van der Waals surface area contributed by atoms with Crippen molar-refractivity contribution < 1.29 is 4.79 Å². The van der Waals surface area contributed by atoms with Crippen LogP contribution in [-0.2, 0) is 17.8 Å². The maximum Gasteiger partial charge on any atom is 0.282 e.